The number of pyridine rings is 1. The Morgan fingerprint density at radius 2 is 2.47 bits per heavy atom. The molecule has 2 atom stereocenters. The maximum absolute atomic E-state index is 13.9. The lowest BCUT2D eigenvalue weighted by atomic mass is 9.92. The molecule has 1 saturated heterocycles. The largest absolute Gasteiger partial charge is 0.316 e. The lowest BCUT2D eigenvalue weighted by Gasteiger charge is -2.25. The molecule has 2 unspecified atom stereocenters. The average Bonchev–Trinajstić information content (AvgIpc) is 2.31. The van der Waals surface area contributed by atoms with E-state index in [2.05, 4.69) is 10.3 Å². The van der Waals surface area contributed by atoms with E-state index in [4.69, 9.17) is 0 Å². The predicted molar refractivity (Wildman–Crippen MR) is 58.4 cm³/mol. The van der Waals surface area contributed by atoms with Gasteiger partial charge in [-0.3, -0.25) is 4.98 Å². The van der Waals surface area contributed by atoms with E-state index in [0.29, 0.717) is 6.42 Å². The molecule has 2 rings (SSSR count). The molecular formula is C12H17FN2. The van der Waals surface area contributed by atoms with Gasteiger partial charge in [0.25, 0.3) is 0 Å². The Labute approximate surface area is 89.9 Å². The van der Waals surface area contributed by atoms with Gasteiger partial charge in [-0.15, -0.1) is 0 Å². The number of piperidine rings is 1. The minimum absolute atomic E-state index is 0.167. The van der Waals surface area contributed by atoms with E-state index in [1.165, 1.54) is 0 Å². The van der Waals surface area contributed by atoms with Gasteiger partial charge in [0.05, 0.1) is 0 Å². The Hall–Kier alpha value is -0.960. The molecule has 0 aromatic carbocycles. The summed E-state index contributed by atoms with van der Waals surface area (Å²) in [4.78, 5) is 4.15. The molecule has 0 amide bonds. The molecule has 0 saturated carbocycles. The highest BCUT2D eigenvalue weighted by atomic mass is 19.1. The van der Waals surface area contributed by atoms with Crippen LogP contribution in [0.15, 0.2) is 24.4 Å². The third-order valence-corrected chi connectivity index (χ3v) is 2.98. The number of nitrogens with zero attached hydrogens (tertiary/aromatic N) is 1. The second-order valence-electron chi connectivity index (χ2n) is 4.15. The van der Waals surface area contributed by atoms with E-state index in [9.17, 15) is 4.39 Å². The smallest absolute Gasteiger partial charge is 0.110 e. The van der Waals surface area contributed by atoms with E-state index >= 15 is 0 Å². The van der Waals surface area contributed by atoms with Gasteiger partial charge < -0.3 is 5.32 Å². The fraction of sp³-hybridized carbons (Fsp3) is 0.583. The predicted octanol–water partition coefficient (Wildman–Crippen LogP) is 1.96. The Bertz CT molecular complexity index is 283. The maximum atomic E-state index is 13.9. The first-order valence-electron chi connectivity index (χ1n) is 5.61. The van der Waals surface area contributed by atoms with Crippen LogP contribution in [0.1, 0.15) is 18.5 Å². The Morgan fingerprint density at radius 1 is 1.53 bits per heavy atom. The monoisotopic (exact) mass is 208 g/mol. The Morgan fingerprint density at radius 3 is 3.13 bits per heavy atom. The number of hydrogen-bond donors (Lipinski definition) is 1. The van der Waals surface area contributed by atoms with Gasteiger partial charge in [-0.1, -0.05) is 6.07 Å². The van der Waals surface area contributed by atoms with Crippen LogP contribution in [0.4, 0.5) is 4.39 Å². The third kappa shape index (κ3) is 2.99. The molecule has 1 aromatic rings. The summed E-state index contributed by atoms with van der Waals surface area (Å²) < 4.78 is 13.9. The summed E-state index contributed by atoms with van der Waals surface area (Å²) in [5.74, 6) is 0.167. The standard InChI is InChI=1S/C12H17FN2/c13-12(10-4-3-6-14-9-10)8-11-5-1-2-7-15-11/h1-2,5,7,10,12,14H,3-4,6,8-9H2. The van der Waals surface area contributed by atoms with Crippen molar-refractivity contribution in [2.45, 2.75) is 25.4 Å². The first-order chi connectivity index (χ1) is 7.36. The van der Waals surface area contributed by atoms with E-state index in [-0.39, 0.29) is 5.92 Å². The van der Waals surface area contributed by atoms with E-state index in [1.807, 2.05) is 18.2 Å². The van der Waals surface area contributed by atoms with Crippen LogP contribution in [-0.4, -0.2) is 24.2 Å². The number of hydrogen-bond acceptors (Lipinski definition) is 2. The molecule has 0 spiro atoms. The van der Waals surface area contributed by atoms with Crippen molar-refractivity contribution in [1.82, 2.24) is 10.3 Å². The zero-order chi connectivity index (χ0) is 10.5. The van der Waals surface area contributed by atoms with Crippen LogP contribution in [0.2, 0.25) is 0 Å². The maximum Gasteiger partial charge on any atom is 0.110 e. The minimum atomic E-state index is -0.757. The second kappa shape index (κ2) is 5.21. The molecule has 2 heterocycles. The molecule has 82 valence electrons. The Kier molecular flexibility index (Phi) is 3.67. The molecule has 0 bridgehead atoms. The quantitative estimate of drug-likeness (QED) is 0.821. The van der Waals surface area contributed by atoms with Gasteiger partial charge in [-0.2, -0.15) is 0 Å². The molecule has 2 nitrogen and oxygen atoms in total. The zero-order valence-corrected chi connectivity index (χ0v) is 8.82. The number of aromatic nitrogens is 1. The van der Waals surface area contributed by atoms with Crippen LogP contribution in [0.5, 0.6) is 0 Å². The van der Waals surface area contributed by atoms with Crippen molar-refractivity contribution < 1.29 is 4.39 Å². The molecule has 0 aliphatic carbocycles. The Balaban J connectivity index is 1.88. The van der Waals surface area contributed by atoms with Gasteiger partial charge in [-0.25, -0.2) is 4.39 Å². The summed E-state index contributed by atoms with van der Waals surface area (Å²) in [6.07, 6.45) is 3.51. The molecule has 15 heavy (non-hydrogen) atoms. The van der Waals surface area contributed by atoms with Crippen LogP contribution in [0.3, 0.4) is 0 Å². The van der Waals surface area contributed by atoms with Crippen molar-refractivity contribution in [3.8, 4) is 0 Å². The molecule has 1 aliphatic rings. The number of rotatable bonds is 3. The molecule has 0 radical (unpaired) electrons. The SMILES string of the molecule is FC(Cc1ccccn1)C1CCCNC1. The summed E-state index contributed by atoms with van der Waals surface area (Å²) in [6.45, 7) is 1.85. The number of nitrogens with one attached hydrogen (secondary N) is 1. The van der Waals surface area contributed by atoms with Crippen molar-refractivity contribution in [3.05, 3.63) is 30.1 Å². The highest BCUT2D eigenvalue weighted by Gasteiger charge is 2.23. The van der Waals surface area contributed by atoms with Crippen LogP contribution >= 0.6 is 0 Å². The summed E-state index contributed by atoms with van der Waals surface area (Å²) in [5.41, 5.74) is 0.857. The third-order valence-electron chi connectivity index (χ3n) is 2.98. The van der Waals surface area contributed by atoms with E-state index in [1.54, 1.807) is 6.20 Å². The summed E-state index contributed by atoms with van der Waals surface area (Å²) in [5, 5.41) is 3.24. The number of alkyl halides is 1. The van der Waals surface area contributed by atoms with Gasteiger partial charge in [0.1, 0.15) is 6.17 Å². The first-order valence-corrected chi connectivity index (χ1v) is 5.61. The number of halogens is 1. The molecule has 1 aliphatic heterocycles. The summed E-state index contributed by atoms with van der Waals surface area (Å²) in [7, 11) is 0. The highest BCUT2D eigenvalue weighted by Crippen LogP contribution is 2.19. The van der Waals surface area contributed by atoms with Gasteiger partial charge in [0.15, 0.2) is 0 Å². The normalized spacial score (nSPS) is 23.7. The van der Waals surface area contributed by atoms with Gasteiger partial charge in [-0.05, 0) is 31.5 Å². The van der Waals surface area contributed by atoms with Crippen LogP contribution in [0.25, 0.3) is 0 Å². The minimum Gasteiger partial charge on any atom is -0.316 e. The first kappa shape index (κ1) is 10.6. The zero-order valence-electron chi connectivity index (χ0n) is 8.82. The summed E-state index contributed by atoms with van der Waals surface area (Å²) >= 11 is 0. The molecule has 3 heteroatoms. The average molecular weight is 208 g/mol. The van der Waals surface area contributed by atoms with Crippen molar-refractivity contribution >= 4 is 0 Å². The van der Waals surface area contributed by atoms with Crippen molar-refractivity contribution in [2.24, 2.45) is 5.92 Å². The van der Waals surface area contributed by atoms with E-state index < -0.39 is 6.17 Å². The fourth-order valence-corrected chi connectivity index (χ4v) is 2.07. The van der Waals surface area contributed by atoms with Gasteiger partial charge >= 0.3 is 0 Å². The molecule has 1 N–H and O–H groups in total. The van der Waals surface area contributed by atoms with Crippen LogP contribution in [-0.2, 0) is 6.42 Å². The van der Waals surface area contributed by atoms with Crippen molar-refractivity contribution in [1.29, 1.82) is 0 Å². The molecule has 1 fully saturated rings. The molecular weight excluding hydrogens is 191 g/mol. The topological polar surface area (TPSA) is 24.9 Å². The van der Waals surface area contributed by atoms with Gasteiger partial charge in [0.2, 0.25) is 0 Å². The highest BCUT2D eigenvalue weighted by molar-refractivity contribution is 5.05. The van der Waals surface area contributed by atoms with E-state index in [0.717, 1.165) is 31.6 Å². The molecule has 1 aromatic heterocycles. The van der Waals surface area contributed by atoms with Crippen molar-refractivity contribution in [2.75, 3.05) is 13.1 Å². The van der Waals surface area contributed by atoms with Crippen LogP contribution < -0.4 is 5.32 Å². The van der Waals surface area contributed by atoms with Crippen LogP contribution in [0, 0.1) is 5.92 Å². The fourth-order valence-electron chi connectivity index (χ4n) is 2.07. The lowest BCUT2D eigenvalue weighted by Crippen LogP contribution is -2.35. The summed E-state index contributed by atoms with van der Waals surface area (Å²) in [6, 6.07) is 5.66. The van der Waals surface area contributed by atoms with Crippen molar-refractivity contribution in [3.63, 3.8) is 0 Å². The lowest BCUT2D eigenvalue weighted by molar-refractivity contribution is 0.190. The van der Waals surface area contributed by atoms with Gasteiger partial charge in [0, 0.05) is 30.8 Å². The second-order valence-corrected chi connectivity index (χ2v) is 4.15.